The molecule has 0 aliphatic heterocycles. The summed E-state index contributed by atoms with van der Waals surface area (Å²) in [5.41, 5.74) is 5.91. The van der Waals surface area contributed by atoms with Crippen molar-refractivity contribution in [1.29, 1.82) is 0 Å². The molecule has 0 aromatic heterocycles. The maximum Gasteiger partial charge on any atom is 0.361 e. The average Bonchev–Trinajstić information content (AvgIpc) is 2.41. The van der Waals surface area contributed by atoms with Crippen LogP contribution in [-0.4, -0.2) is 36.5 Å². The van der Waals surface area contributed by atoms with Gasteiger partial charge < -0.3 is 20.0 Å². The molecule has 1 aromatic carbocycles. The van der Waals surface area contributed by atoms with E-state index >= 15 is 0 Å². The number of ether oxygens (including phenoxy) is 2. The predicted molar refractivity (Wildman–Crippen MR) is 85.8 cm³/mol. The van der Waals surface area contributed by atoms with Gasteiger partial charge in [-0.15, -0.1) is 0 Å². The molecular formula is C16H22N2O5. The molecule has 0 atom stereocenters. The zero-order chi connectivity index (χ0) is 17.5. The summed E-state index contributed by atoms with van der Waals surface area (Å²) in [7, 11) is 0. The molecule has 7 heteroatoms. The van der Waals surface area contributed by atoms with Crippen LogP contribution in [0.5, 0.6) is 0 Å². The number of benzene rings is 1. The zero-order valence-electron chi connectivity index (χ0n) is 13.8. The van der Waals surface area contributed by atoms with Gasteiger partial charge in [0.2, 0.25) is 6.61 Å². The first-order valence-electron chi connectivity index (χ1n) is 7.17. The molecule has 0 spiro atoms. The Hall–Kier alpha value is -2.57. The van der Waals surface area contributed by atoms with Gasteiger partial charge in [0.15, 0.2) is 5.71 Å². The fourth-order valence-corrected chi connectivity index (χ4v) is 1.61. The third-order valence-electron chi connectivity index (χ3n) is 2.39. The standard InChI is InChI=1S/C16H22N2O5/c1-5-21-15(20)14(11-7-6-8-12(17)9-11)18-22-10-13(19)23-16(2,3)4/h6-9H,5,10,17H2,1-4H3/b18-14-. The van der Waals surface area contributed by atoms with Crippen molar-refractivity contribution in [2.75, 3.05) is 18.9 Å². The fourth-order valence-electron chi connectivity index (χ4n) is 1.61. The van der Waals surface area contributed by atoms with Crippen molar-refractivity contribution in [2.45, 2.75) is 33.3 Å². The quantitative estimate of drug-likeness (QED) is 0.371. The number of oxime groups is 1. The number of rotatable bonds is 6. The van der Waals surface area contributed by atoms with Crippen LogP contribution in [0.3, 0.4) is 0 Å². The molecule has 0 aliphatic carbocycles. The van der Waals surface area contributed by atoms with Crippen molar-refractivity contribution >= 4 is 23.3 Å². The Kier molecular flexibility index (Phi) is 6.56. The van der Waals surface area contributed by atoms with Crippen LogP contribution in [0.25, 0.3) is 0 Å². The molecule has 23 heavy (non-hydrogen) atoms. The van der Waals surface area contributed by atoms with E-state index in [4.69, 9.17) is 20.0 Å². The van der Waals surface area contributed by atoms with Gasteiger partial charge in [0, 0.05) is 11.3 Å². The van der Waals surface area contributed by atoms with Crippen molar-refractivity contribution in [2.24, 2.45) is 5.16 Å². The second kappa shape index (κ2) is 8.17. The van der Waals surface area contributed by atoms with E-state index in [1.165, 1.54) is 0 Å². The maximum absolute atomic E-state index is 12.0. The van der Waals surface area contributed by atoms with E-state index in [9.17, 15) is 9.59 Å². The van der Waals surface area contributed by atoms with E-state index < -0.39 is 24.1 Å². The highest BCUT2D eigenvalue weighted by Gasteiger charge is 2.19. The van der Waals surface area contributed by atoms with E-state index in [2.05, 4.69) is 5.16 Å². The summed E-state index contributed by atoms with van der Waals surface area (Å²) in [5, 5.41) is 3.71. The summed E-state index contributed by atoms with van der Waals surface area (Å²) in [4.78, 5) is 28.5. The molecule has 126 valence electrons. The molecular weight excluding hydrogens is 300 g/mol. The van der Waals surface area contributed by atoms with E-state index in [0.717, 1.165) is 0 Å². The summed E-state index contributed by atoms with van der Waals surface area (Å²) < 4.78 is 10.0. The highest BCUT2D eigenvalue weighted by molar-refractivity contribution is 6.43. The molecule has 0 bridgehead atoms. The van der Waals surface area contributed by atoms with E-state index in [-0.39, 0.29) is 12.3 Å². The molecule has 0 fully saturated rings. The first-order chi connectivity index (χ1) is 10.7. The van der Waals surface area contributed by atoms with Crippen LogP contribution in [0.2, 0.25) is 0 Å². The fraction of sp³-hybridized carbons (Fsp3) is 0.438. The van der Waals surface area contributed by atoms with Crippen LogP contribution in [-0.2, 0) is 23.9 Å². The molecule has 0 radical (unpaired) electrons. The number of anilines is 1. The van der Waals surface area contributed by atoms with E-state index in [1.54, 1.807) is 52.0 Å². The van der Waals surface area contributed by atoms with Crippen LogP contribution in [0, 0.1) is 0 Å². The van der Waals surface area contributed by atoms with Crippen LogP contribution in [0.15, 0.2) is 29.4 Å². The lowest BCUT2D eigenvalue weighted by molar-refractivity contribution is -0.160. The lowest BCUT2D eigenvalue weighted by Crippen LogP contribution is -2.26. The van der Waals surface area contributed by atoms with Crippen molar-refractivity contribution in [3.05, 3.63) is 29.8 Å². The summed E-state index contributed by atoms with van der Waals surface area (Å²) in [6, 6.07) is 6.55. The molecule has 0 saturated carbocycles. The second-order valence-corrected chi connectivity index (χ2v) is 5.65. The van der Waals surface area contributed by atoms with Gasteiger partial charge in [0.05, 0.1) is 6.61 Å². The van der Waals surface area contributed by atoms with E-state index in [0.29, 0.717) is 11.3 Å². The number of carbonyl (C=O) groups is 2. The van der Waals surface area contributed by atoms with Gasteiger partial charge in [-0.3, -0.25) is 0 Å². The zero-order valence-corrected chi connectivity index (χ0v) is 13.8. The third-order valence-corrected chi connectivity index (χ3v) is 2.39. The van der Waals surface area contributed by atoms with Crippen LogP contribution in [0.4, 0.5) is 5.69 Å². The monoisotopic (exact) mass is 322 g/mol. The number of nitrogen functional groups attached to an aromatic ring is 1. The largest absolute Gasteiger partial charge is 0.461 e. The van der Waals surface area contributed by atoms with Crippen LogP contribution in [0.1, 0.15) is 33.3 Å². The molecule has 1 aromatic rings. The highest BCUT2D eigenvalue weighted by atomic mass is 16.7. The van der Waals surface area contributed by atoms with Crippen LogP contribution >= 0.6 is 0 Å². The number of nitrogens with zero attached hydrogens (tertiary/aromatic N) is 1. The lowest BCUT2D eigenvalue weighted by atomic mass is 10.1. The predicted octanol–water partition coefficient (Wildman–Crippen LogP) is 1.89. The summed E-state index contributed by atoms with van der Waals surface area (Å²) in [6.07, 6.45) is 0. The minimum absolute atomic E-state index is 0.0669. The number of esters is 2. The number of nitrogens with two attached hydrogens (primary N) is 1. The minimum Gasteiger partial charge on any atom is -0.461 e. The average molecular weight is 322 g/mol. The number of hydrogen-bond donors (Lipinski definition) is 1. The van der Waals surface area contributed by atoms with Gasteiger partial charge in [-0.05, 0) is 39.8 Å². The molecule has 1 rings (SSSR count). The normalized spacial score (nSPS) is 11.7. The molecule has 0 amide bonds. The summed E-state index contributed by atoms with van der Waals surface area (Å²) >= 11 is 0. The smallest absolute Gasteiger partial charge is 0.361 e. The van der Waals surface area contributed by atoms with Gasteiger partial charge in [-0.2, -0.15) is 0 Å². The summed E-state index contributed by atoms with van der Waals surface area (Å²) in [5.74, 6) is -1.25. The Labute approximate surface area is 135 Å². The molecule has 0 aliphatic rings. The number of carbonyl (C=O) groups excluding carboxylic acids is 2. The van der Waals surface area contributed by atoms with Crippen molar-refractivity contribution in [1.82, 2.24) is 0 Å². The molecule has 0 unspecified atom stereocenters. The topological polar surface area (TPSA) is 100 Å². The van der Waals surface area contributed by atoms with Gasteiger partial charge in [-0.25, -0.2) is 9.59 Å². The minimum atomic E-state index is -0.665. The summed E-state index contributed by atoms with van der Waals surface area (Å²) in [6.45, 7) is 6.67. The highest BCUT2D eigenvalue weighted by Crippen LogP contribution is 2.10. The third kappa shape index (κ3) is 6.82. The first kappa shape index (κ1) is 18.5. The first-order valence-corrected chi connectivity index (χ1v) is 7.17. The Balaban J connectivity index is 2.84. The van der Waals surface area contributed by atoms with E-state index in [1.807, 2.05) is 0 Å². The van der Waals surface area contributed by atoms with Crippen molar-refractivity contribution in [3.63, 3.8) is 0 Å². The van der Waals surface area contributed by atoms with Crippen molar-refractivity contribution < 1.29 is 23.9 Å². The van der Waals surface area contributed by atoms with Gasteiger partial charge in [0.1, 0.15) is 5.60 Å². The lowest BCUT2D eigenvalue weighted by Gasteiger charge is -2.18. The Morgan fingerprint density at radius 2 is 1.96 bits per heavy atom. The van der Waals surface area contributed by atoms with Gasteiger partial charge in [0.25, 0.3) is 0 Å². The van der Waals surface area contributed by atoms with Crippen molar-refractivity contribution in [3.8, 4) is 0 Å². The Bertz CT molecular complexity index is 590. The second-order valence-electron chi connectivity index (χ2n) is 5.65. The van der Waals surface area contributed by atoms with Gasteiger partial charge >= 0.3 is 11.9 Å². The molecule has 0 saturated heterocycles. The maximum atomic E-state index is 12.0. The Morgan fingerprint density at radius 1 is 1.26 bits per heavy atom. The number of hydrogen-bond acceptors (Lipinski definition) is 7. The van der Waals surface area contributed by atoms with Crippen LogP contribution < -0.4 is 5.73 Å². The molecule has 0 heterocycles. The molecule has 7 nitrogen and oxygen atoms in total. The Morgan fingerprint density at radius 3 is 2.52 bits per heavy atom. The SMILES string of the molecule is CCOC(=O)/C(=N\OCC(=O)OC(C)(C)C)c1cccc(N)c1. The molecule has 2 N–H and O–H groups in total. The van der Waals surface area contributed by atoms with Gasteiger partial charge in [-0.1, -0.05) is 17.3 Å².